The zero-order valence-corrected chi connectivity index (χ0v) is 8.35. The van der Waals surface area contributed by atoms with Crippen molar-refractivity contribution in [2.45, 2.75) is 47.0 Å². The monoisotopic (exact) mass is 153 g/mol. The maximum Gasteiger partial charge on any atom is -0.0185 e. The Labute approximate surface area is 71.4 Å². The van der Waals surface area contributed by atoms with Gasteiger partial charge in [0.05, 0.1) is 0 Å². The number of hydrogen-bond acceptors (Lipinski definition) is 0. The van der Waals surface area contributed by atoms with Crippen LogP contribution in [0.15, 0.2) is 0 Å². The lowest BCUT2D eigenvalue weighted by Crippen LogP contribution is -2.25. The first-order valence-electron chi connectivity index (χ1n) is 4.98. The quantitative estimate of drug-likeness (QED) is 0.539. The molecule has 1 aliphatic rings. The molecule has 0 amide bonds. The highest BCUT2D eigenvalue weighted by Crippen LogP contribution is 2.39. The van der Waals surface area contributed by atoms with Gasteiger partial charge in [0, 0.05) is 0 Å². The summed E-state index contributed by atoms with van der Waals surface area (Å²) in [6.45, 7) is 9.47. The van der Waals surface area contributed by atoms with Crippen LogP contribution in [0.4, 0.5) is 0 Å². The molecule has 1 aliphatic carbocycles. The SMILES string of the molecule is CC(C)[C]1CCCC(C)C1C. The van der Waals surface area contributed by atoms with E-state index >= 15 is 0 Å². The predicted octanol–water partition coefficient (Wildman–Crippen LogP) is 3.67. The molecule has 1 rings (SSSR count). The van der Waals surface area contributed by atoms with Crippen LogP contribution in [0.3, 0.4) is 0 Å². The number of rotatable bonds is 1. The van der Waals surface area contributed by atoms with Gasteiger partial charge in [-0.25, -0.2) is 0 Å². The van der Waals surface area contributed by atoms with Gasteiger partial charge in [0.25, 0.3) is 0 Å². The minimum absolute atomic E-state index is 0.813. The Balaban J connectivity index is 2.51. The Hall–Kier alpha value is 0. The van der Waals surface area contributed by atoms with Crippen molar-refractivity contribution >= 4 is 0 Å². The summed E-state index contributed by atoms with van der Waals surface area (Å²) in [5.41, 5.74) is 0. The Morgan fingerprint density at radius 3 is 2.36 bits per heavy atom. The molecular formula is C11H21. The van der Waals surface area contributed by atoms with Crippen LogP contribution in [0.25, 0.3) is 0 Å². The topological polar surface area (TPSA) is 0 Å². The van der Waals surface area contributed by atoms with E-state index in [0.29, 0.717) is 0 Å². The predicted molar refractivity (Wildman–Crippen MR) is 50.3 cm³/mol. The molecule has 0 nitrogen and oxygen atoms in total. The molecule has 0 aromatic carbocycles. The average molecular weight is 153 g/mol. The summed E-state index contributed by atoms with van der Waals surface area (Å²) in [5.74, 6) is 4.43. The molecule has 1 saturated carbocycles. The second kappa shape index (κ2) is 3.60. The molecule has 0 N–H and O–H groups in total. The molecule has 0 bridgehead atoms. The fourth-order valence-electron chi connectivity index (χ4n) is 2.29. The van der Waals surface area contributed by atoms with Crippen LogP contribution < -0.4 is 0 Å². The standard InChI is InChI=1S/C11H21/c1-8(2)11-7-5-6-9(3)10(11)4/h8-10H,5-7H2,1-4H3. The molecule has 0 heterocycles. The summed E-state index contributed by atoms with van der Waals surface area (Å²) in [6.07, 6.45) is 4.26. The molecular weight excluding hydrogens is 132 g/mol. The van der Waals surface area contributed by atoms with Gasteiger partial charge in [-0.05, 0) is 30.1 Å². The van der Waals surface area contributed by atoms with Gasteiger partial charge in [-0.2, -0.15) is 0 Å². The Morgan fingerprint density at radius 2 is 1.91 bits per heavy atom. The summed E-state index contributed by atoms with van der Waals surface area (Å²) in [6, 6.07) is 0. The summed E-state index contributed by atoms with van der Waals surface area (Å²) >= 11 is 0. The van der Waals surface area contributed by atoms with Crippen molar-refractivity contribution in [3.63, 3.8) is 0 Å². The molecule has 11 heavy (non-hydrogen) atoms. The van der Waals surface area contributed by atoms with Crippen LogP contribution in [0.2, 0.25) is 0 Å². The molecule has 1 radical (unpaired) electrons. The van der Waals surface area contributed by atoms with E-state index < -0.39 is 0 Å². The molecule has 0 spiro atoms. The van der Waals surface area contributed by atoms with E-state index in [9.17, 15) is 0 Å². The molecule has 2 atom stereocenters. The van der Waals surface area contributed by atoms with Gasteiger partial charge >= 0.3 is 0 Å². The Bertz CT molecular complexity index is 115. The minimum atomic E-state index is 0.813. The largest absolute Gasteiger partial charge is 0.0622 e. The zero-order chi connectivity index (χ0) is 8.43. The number of hydrogen-bond donors (Lipinski definition) is 0. The minimum Gasteiger partial charge on any atom is -0.0622 e. The van der Waals surface area contributed by atoms with Crippen LogP contribution in [0.1, 0.15) is 47.0 Å². The zero-order valence-electron chi connectivity index (χ0n) is 8.35. The van der Waals surface area contributed by atoms with Crippen molar-refractivity contribution in [3.8, 4) is 0 Å². The van der Waals surface area contributed by atoms with Gasteiger partial charge in [0.15, 0.2) is 0 Å². The highest BCUT2D eigenvalue weighted by molar-refractivity contribution is 5.01. The first-order chi connectivity index (χ1) is 5.13. The van der Waals surface area contributed by atoms with E-state index in [1.165, 1.54) is 19.3 Å². The van der Waals surface area contributed by atoms with Crippen molar-refractivity contribution in [2.24, 2.45) is 17.8 Å². The van der Waals surface area contributed by atoms with Crippen LogP contribution in [-0.4, -0.2) is 0 Å². The smallest absolute Gasteiger partial charge is 0.0185 e. The second-order valence-corrected chi connectivity index (χ2v) is 4.39. The highest BCUT2D eigenvalue weighted by atomic mass is 14.3. The van der Waals surface area contributed by atoms with Gasteiger partial charge in [-0.1, -0.05) is 40.5 Å². The maximum atomic E-state index is 2.40. The first-order valence-corrected chi connectivity index (χ1v) is 4.98. The average Bonchev–Trinajstić information content (AvgIpc) is 1.94. The van der Waals surface area contributed by atoms with E-state index in [2.05, 4.69) is 27.7 Å². The van der Waals surface area contributed by atoms with Crippen LogP contribution in [0.5, 0.6) is 0 Å². The fraction of sp³-hybridized carbons (Fsp3) is 0.909. The Kier molecular flexibility index (Phi) is 2.98. The lowest BCUT2D eigenvalue weighted by Gasteiger charge is -2.36. The van der Waals surface area contributed by atoms with Gasteiger partial charge in [0.2, 0.25) is 0 Å². The van der Waals surface area contributed by atoms with E-state index in [0.717, 1.165) is 17.8 Å². The van der Waals surface area contributed by atoms with E-state index in [1.807, 2.05) is 5.92 Å². The Morgan fingerprint density at radius 1 is 1.27 bits per heavy atom. The lowest BCUT2D eigenvalue weighted by atomic mass is 9.69. The second-order valence-electron chi connectivity index (χ2n) is 4.39. The van der Waals surface area contributed by atoms with Crippen LogP contribution in [-0.2, 0) is 0 Å². The van der Waals surface area contributed by atoms with E-state index in [1.54, 1.807) is 0 Å². The van der Waals surface area contributed by atoms with Gasteiger partial charge in [0.1, 0.15) is 0 Å². The van der Waals surface area contributed by atoms with E-state index in [4.69, 9.17) is 0 Å². The first kappa shape index (κ1) is 9.09. The molecule has 1 fully saturated rings. The third kappa shape index (κ3) is 1.98. The molecule has 0 aromatic heterocycles. The summed E-state index contributed by atoms with van der Waals surface area (Å²) in [4.78, 5) is 0. The van der Waals surface area contributed by atoms with E-state index in [-0.39, 0.29) is 0 Å². The highest BCUT2D eigenvalue weighted by Gasteiger charge is 2.29. The van der Waals surface area contributed by atoms with Crippen molar-refractivity contribution in [1.29, 1.82) is 0 Å². The molecule has 2 unspecified atom stereocenters. The van der Waals surface area contributed by atoms with Crippen molar-refractivity contribution < 1.29 is 0 Å². The summed E-state index contributed by atoms with van der Waals surface area (Å²) in [5, 5.41) is 0. The normalized spacial score (nSPS) is 34.6. The van der Waals surface area contributed by atoms with Crippen molar-refractivity contribution in [2.75, 3.05) is 0 Å². The van der Waals surface area contributed by atoms with Crippen LogP contribution in [0, 0.1) is 23.7 Å². The molecule has 0 aromatic rings. The lowest BCUT2D eigenvalue weighted by molar-refractivity contribution is 0.271. The van der Waals surface area contributed by atoms with Crippen molar-refractivity contribution in [3.05, 3.63) is 5.92 Å². The van der Waals surface area contributed by atoms with Gasteiger partial charge < -0.3 is 0 Å². The third-order valence-corrected chi connectivity index (χ3v) is 3.30. The molecule has 0 saturated heterocycles. The van der Waals surface area contributed by atoms with Gasteiger partial charge in [-0.15, -0.1) is 0 Å². The molecule has 0 aliphatic heterocycles. The maximum absolute atomic E-state index is 2.40. The van der Waals surface area contributed by atoms with Crippen LogP contribution >= 0.6 is 0 Å². The van der Waals surface area contributed by atoms with Gasteiger partial charge in [-0.3, -0.25) is 0 Å². The third-order valence-electron chi connectivity index (χ3n) is 3.30. The summed E-state index contributed by atoms with van der Waals surface area (Å²) < 4.78 is 0. The molecule has 65 valence electrons. The summed E-state index contributed by atoms with van der Waals surface area (Å²) in [7, 11) is 0. The van der Waals surface area contributed by atoms with Crippen molar-refractivity contribution in [1.82, 2.24) is 0 Å². The fourth-order valence-corrected chi connectivity index (χ4v) is 2.29. The molecule has 0 heteroatoms.